The van der Waals surface area contributed by atoms with Crippen LogP contribution < -0.4 is 4.90 Å². The van der Waals surface area contributed by atoms with Crippen molar-refractivity contribution in [2.45, 2.75) is 59.6 Å². The number of benzene rings is 1. The van der Waals surface area contributed by atoms with Crippen LogP contribution in [0, 0.1) is 5.92 Å². The Kier molecular flexibility index (Phi) is 7.82. The quantitative estimate of drug-likeness (QED) is 0.731. The van der Waals surface area contributed by atoms with Crippen molar-refractivity contribution in [3.05, 3.63) is 29.8 Å². The Balaban J connectivity index is 2.67. The molecule has 0 N–H and O–H groups in total. The molecule has 0 aliphatic carbocycles. The number of hydrogen-bond donors (Lipinski definition) is 0. The second-order valence-electron chi connectivity index (χ2n) is 8.24. The number of Topliss-reactive ketones (excluding diaryl/α,β-unsaturated/α-hetero) is 1. The molecule has 0 aromatic heterocycles. The third kappa shape index (κ3) is 6.79. The van der Waals surface area contributed by atoms with E-state index in [9.17, 15) is 9.59 Å². The predicted molar refractivity (Wildman–Crippen MR) is 107 cm³/mol. The SMILES string of the molecule is CC(=O)[C@H](C(C)C)N(C)CCc1ccc(N(C)C(=O)OC(C)(C)C)cc1. The van der Waals surface area contributed by atoms with E-state index in [2.05, 4.69) is 18.7 Å². The maximum atomic E-state index is 12.1. The third-order valence-electron chi connectivity index (χ3n) is 4.27. The van der Waals surface area contributed by atoms with E-state index in [1.165, 1.54) is 10.5 Å². The Labute approximate surface area is 158 Å². The third-order valence-corrected chi connectivity index (χ3v) is 4.27. The summed E-state index contributed by atoms with van der Waals surface area (Å²) in [6.45, 7) is 12.2. The number of carbonyl (C=O) groups is 2. The molecule has 0 spiro atoms. The minimum absolute atomic E-state index is 0.0485. The van der Waals surface area contributed by atoms with Crippen molar-refractivity contribution < 1.29 is 14.3 Å². The van der Waals surface area contributed by atoms with Gasteiger partial charge < -0.3 is 4.74 Å². The highest BCUT2D eigenvalue weighted by molar-refractivity contribution is 5.87. The van der Waals surface area contributed by atoms with Gasteiger partial charge in [0.25, 0.3) is 0 Å². The largest absolute Gasteiger partial charge is 0.443 e. The van der Waals surface area contributed by atoms with Crippen LogP contribution in [0.5, 0.6) is 0 Å². The summed E-state index contributed by atoms with van der Waals surface area (Å²) in [4.78, 5) is 27.6. The molecule has 0 heterocycles. The fourth-order valence-electron chi connectivity index (χ4n) is 3.06. The second kappa shape index (κ2) is 9.17. The molecule has 5 nitrogen and oxygen atoms in total. The highest BCUT2D eigenvalue weighted by Crippen LogP contribution is 2.18. The maximum absolute atomic E-state index is 12.1. The Bertz CT molecular complexity index is 603. The lowest BCUT2D eigenvalue weighted by molar-refractivity contribution is -0.123. The zero-order valence-electron chi connectivity index (χ0n) is 17.5. The van der Waals surface area contributed by atoms with Crippen LogP contribution in [-0.2, 0) is 16.0 Å². The summed E-state index contributed by atoms with van der Waals surface area (Å²) in [6, 6.07) is 7.83. The lowest BCUT2D eigenvalue weighted by atomic mass is 9.99. The summed E-state index contributed by atoms with van der Waals surface area (Å²) in [5.74, 6) is 0.499. The Morgan fingerprint density at radius 1 is 1.08 bits per heavy atom. The van der Waals surface area contributed by atoms with Crippen molar-refractivity contribution in [2.75, 3.05) is 25.5 Å². The molecule has 0 unspecified atom stereocenters. The molecule has 1 atom stereocenters. The first kappa shape index (κ1) is 22.2. The van der Waals surface area contributed by atoms with Crippen molar-refractivity contribution in [1.29, 1.82) is 0 Å². The van der Waals surface area contributed by atoms with Crippen LogP contribution in [0.2, 0.25) is 0 Å². The molecule has 1 aromatic rings. The molecule has 1 rings (SSSR count). The fraction of sp³-hybridized carbons (Fsp3) is 0.619. The Morgan fingerprint density at radius 2 is 1.62 bits per heavy atom. The van der Waals surface area contributed by atoms with Crippen LogP contribution in [-0.4, -0.2) is 49.1 Å². The summed E-state index contributed by atoms with van der Waals surface area (Å²) in [6.07, 6.45) is 0.481. The normalized spacial score (nSPS) is 13.0. The first-order valence-electron chi connectivity index (χ1n) is 9.18. The van der Waals surface area contributed by atoms with Gasteiger partial charge in [0.15, 0.2) is 0 Å². The molecular weight excluding hydrogens is 328 g/mol. The molecule has 1 aromatic carbocycles. The molecule has 0 aliphatic heterocycles. The highest BCUT2D eigenvalue weighted by Gasteiger charge is 2.23. The van der Waals surface area contributed by atoms with Gasteiger partial charge in [0.1, 0.15) is 11.4 Å². The van der Waals surface area contributed by atoms with Crippen LogP contribution in [0.25, 0.3) is 0 Å². The monoisotopic (exact) mass is 362 g/mol. The van der Waals surface area contributed by atoms with E-state index in [1.54, 1.807) is 14.0 Å². The van der Waals surface area contributed by atoms with E-state index < -0.39 is 5.60 Å². The molecule has 0 radical (unpaired) electrons. The number of hydrogen-bond acceptors (Lipinski definition) is 4. The molecule has 0 saturated carbocycles. The summed E-state index contributed by atoms with van der Waals surface area (Å²) in [5.41, 5.74) is 1.45. The maximum Gasteiger partial charge on any atom is 0.414 e. The summed E-state index contributed by atoms with van der Waals surface area (Å²) < 4.78 is 5.38. The number of amides is 1. The number of nitrogens with zero attached hydrogens (tertiary/aromatic N) is 2. The lowest BCUT2D eigenvalue weighted by Gasteiger charge is -2.29. The van der Waals surface area contributed by atoms with E-state index in [4.69, 9.17) is 4.74 Å². The summed E-state index contributed by atoms with van der Waals surface area (Å²) in [7, 11) is 3.70. The number of ether oxygens (including phenoxy) is 1. The van der Waals surface area contributed by atoms with Crippen LogP contribution in [0.4, 0.5) is 10.5 Å². The van der Waals surface area contributed by atoms with Gasteiger partial charge in [-0.15, -0.1) is 0 Å². The molecule has 26 heavy (non-hydrogen) atoms. The smallest absolute Gasteiger partial charge is 0.414 e. The molecule has 5 heteroatoms. The van der Waals surface area contributed by atoms with Crippen LogP contribution >= 0.6 is 0 Å². The molecule has 0 bridgehead atoms. The van der Waals surface area contributed by atoms with Crippen molar-refractivity contribution in [1.82, 2.24) is 4.90 Å². The van der Waals surface area contributed by atoms with Gasteiger partial charge in [0.05, 0.1) is 6.04 Å². The van der Waals surface area contributed by atoms with Crippen LogP contribution in [0.1, 0.15) is 47.1 Å². The lowest BCUT2D eigenvalue weighted by Crippen LogP contribution is -2.42. The van der Waals surface area contributed by atoms with Gasteiger partial charge in [0, 0.05) is 19.3 Å². The average molecular weight is 363 g/mol. The zero-order chi connectivity index (χ0) is 20.1. The topological polar surface area (TPSA) is 49.9 Å². The number of carbonyl (C=O) groups excluding carboxylic acids is 2. The van der Waals surface area contributed by atoms with Gasteiger partial charge in [-0.05, 0) is 64.8 Å². The van der Waals surface area contributed by atoms with Gasteiger partial charge in [-0.1, -0.05) is 26.0 Å². The van der Waals surface area contributed by atoms with Crippen molar-refractivity contribution in [2.24, 2.45) is 5.92 Å². The number of rotatable bonds is 7. The van der Waals surface area contributed by atoms with E-state index in [0.717, 1.165) is 18.7 Å². The van der Waals surface area contributed by atoms with Gasteiger partial charge in [0.2, 0.25) is 0 Å². The molecule has 1 amide bonds. The molecule has 146 valence electrons. The van der Waals surface area contributed by atoms with Crippen LogP contribution in [0.3, 0.4) is 0 Å². The van der Waals surface area contributed by atoms with Gasteiger partial charge in [-0.25, -0.2) is 4.79 Å². The van der Waals surface area contributed by atoms with E-state index in [0.29, 0.717) is 5.92 Å². The zero-order valence-corrected chi connectivity index (χ0v) is 17.5. The first-order valence-corrected chi connectivity index (χ1v) is 9.18. The molecule has 0 saturated heterocycles. The predicted octanol–water partition coefficient (Wildman–Crippen LogP) is 4.15. The number of likely N-dealkylation sites (N-methyl/N-ethyl adjacent to an activating group) is 1. The minimum atomic E-state index is -0.514. The standard InChI is InChI=1S/C21H34N2O3/c1-15(2)19(16(3)24)22(7)14-13-17-9-11-18(12-10-17)23(8)20(25)26-21(4,5)6/h9-12,15,19H,13-14H2,1-8H3/t19-/m0/s1. The average Bonchev–Trinajstić information content (AvgIpc) is 2.50. The van der Waals surface area contributed by atoms with Gasteiger partial charge in [-0.2, -0.15) is 0 Å². The van der Waals surface area contributed by atoms with E-state index in [1.807, 2.05) is 52.1 Å². The van der Waals surface area contributed by atoms with Crippen LogP contribution in [0.15, 0.2) is 24.3 Å². The van der Waals surface area contributed by atoms with Crippen molar-refractivity contribution >= 4 is 17.6 Å². The minimum Gasteiger partial charge on any atom is -0.443 e. The molecular formula is C21H34N2O3. The van der Waals surface area contributed by atoms with Gasteiger partial charge in [-0.3, -0.25) is 14.6 Å². The Hall–Kier alpha value is -1.88. The number of ketones is 1. The first-order chi connectivity index (χ1) is 11.9. The summed E-state index contributed by atoms with van der Waals surface area (Å²) >= 11 is 0. The number of anilines is 1. The van der Waals surface area contributed by atoms with E-state index >= 15 is 0 Å². The second-order valence-corrected chi connectivity index (χ2v) is 8.24. The summed E-state index contributed by atoms with van der Waals surface area (Å²) in [5, 5.41) is 0. The fourth-order valence-corrected chi connectivity index (χ4v) is 3.06. The van der Waals surface area contributed by atoms with Crippen molar-refractivity contribution in [3.8, 4) is 0 Å². The van der Waals surface area contributed by atoms with Crippen molar-refractivity contribution in [3.63, 3.8) is 0 Å². The van der Waals surface area contributed by atoms with E-state index in [-0.39, 0.29) is 17.9 Å². The molecule has 0 fully saturated rings. The Morgan fingerprint density at radius 3 is 2.04 bits per heavy atom. The highest BCUT2D eigenvalue weighted by atomic mass is 16.6. The van der Waals surface area contributed by atoms with Gasteiger partial charge >= 0.3 is 6.09 Å². The molecule has 0 aliphatic rings.